The third-order valence-electron chi connectivity index (χ3n) is 3.44. The number of halogens is 1. The van der Waals surface area contributed by atoms with E-state index >= 15 is 0 Å². The van der Waals surface area contributed by atoms with Crippen LogP contribution in [0.25, 0.3) is 0 Å². The molecule has 0 spiro atoms. The summed E-state index contributed by atoms with van der Waals surface area (Å²) in [7, 11) is 1.32. The van der Waals surface area contributed by atoms with Gasteiger partial charge in [-0.25, -0.2) is 4.79 Å². The minimum absolute atomic E-state index is 0.297. The number of rotatable bonds is 6. The van der Waals surface area contributed by atoms with Crippen molar-refractivity contribution >= 4 is 27.8 Å². The first-order valence-corrected chi connectivity index (χ1v) is 8.07. The number of esters is 1. The summed E-state index contributed by atoms with van der Waals surface area (Å²) in [4.78, 5) is 24.2. The molecule has 2 aromatic carbocycles. The maximum absolute atomic E-state index is 12.3. The van der Waals surface area contributed by atoms with E-state index < -0.39 is 12.0 Å². The van der Waals surface area contributed by atoms with Crippen molar-refractivity contribution in [1.82, 2.24) is 5.32 Å². The number of amides is 1. The molecule has 0 unspecified atom stereocenters. The Morgan fingerprint density at radius 3 is 2.52 bits per heavy atom. The normalized spacial score (nSPS) is 11.6. The molecule has 0 bridgehead atoms. The van der Waals surface area contributed by atoms with Crippen molar-refractivity contribution in [1.29, 1.82) is 0 Å². The monoisotopic (exact) mass is 375 g/mol. The number of ether oxygens (including phenoxy) is 1. The Bertz CT molecular complexity index is 673. The first-order chi connectivity index (χ1) is 11.1. The van der Waals surface area contributed by atoms with Gasteiger partial charge in [0, 0.05) is 10.0 Å². The van der Waals surface area contributed by atoms with Crippen LogP contribution >= 0.6 is 15.9 Å². The van der Waals surface area contributed by atoms with E-state index in [1.807, 2.05) is 36.4 Å². The molecule has 120 valence electrons. The molecule has 0 aliphatic carbocycles. The lowest BCUT2D eigenvalue weighted by atomic mass is 10.0. The zero-order chi connectivity index (χ0) is 16.7. The molecule has 0 saturated heterocycles. The quantitative estimate of drug-likeness (QED) is 0.787. The Balaban J connectivity index is 2.03. The maximum atomic E-state index is 12.3. The van der Waals surface area contributed by atoms with E-state index in [9.17, 15) is 9.59 Å². The van der Waals surface area contributed by atoms with Gasteiger partial charge in [-0.3, -0.25) is 4.79 Å². The van der Waals surface area contributed by atoms with Gasteiger partial charge in [0.1, 0.15) is 6.04 Å². The first-order valence-electron chi connectivity index (χ1n) is 7.28. The van der Waals surface area contributed by atoms with E-state index in [4.69, 9.17) is 4.74 Å². The zero-order valence-electron chi connectivity index (χ0n) is 12.8. The lowest BCUT2D eigenvalue weighted by Gasteiger charge is -2.16. The Labute approximate surface area is 144 Å². The predicted octanol–water partition coefficient (Wildman–Crippen LogP) is 3.35. The van der Waals surface area contributed by atoms with Gasteiger partial charge in [-0.2, -0.15) is 0 Å². The SMILES string of the molecule is COC(=O)[C@@H](CCc1ccccc1)NC(=O)c1cccc(Br)c1. The molecule has 1 amide bonds. The molecule has 0 aliphatic rings. The fourth-order valence-electron chi connectivity index (χ4n) is 2.22. The van der Waals surface area contributed by atoms with E-state index in [1.165, 1.54) is 7.11 Å². The van der Waals surface area contributed by atoms with Crippen molar-refractivity contribution in [3.8, 4) is 0 Å². The van der Waals surface area contributed by atoms with Crippen LogP contribution in [0.15, 0.2) is 59.1 Å². The molecule has 1 atom stereocenters. The van der Waals surface area contributed by atoms with Crippen molar-refractivity contribution < 1.29 is 14.3 Å². The third kappa shape index (κ3) is 5.21. The summed E-state index contributed by atoms with van der Waals surface area (Å²) in [6, 6.07) is 16.2. The van der Waals surface area contributed by atoms with Crippen LogP contribution in [0.1, 0.15) is 22.3 Å². The topological polar surface area (TPSA) is 55.4 Å². The summed E-state index contributed by atoms with van der Waals surface area (Å²) < 4.78 is 5.61. The van der Waals surface area contributed by atoms with Crippen LogP contribution in [0.4, 0.5) is 0 Å². The molecule has 1 N–H and O–H groups in total. The van der Waals surface area contributed by atoms with Crippen LogP contribution in [-0.4, -0.2) is 25.0 Å². The highest BCUT2D eigenvalue weighted by atomic mass is 79.9. The highest BCUT2D eigenvalue weighted by Gasteiger charge is 2.22. The standard InChI is InChI=1S/C18H18BrNO3/c1-23-18(22)16(11-10-13-6-3-2-4-7-13)20-17(21)14-8-5-9-15(19)12-14/h2-9,12,16H,10-11H2,1H3,(H,20,21)/t16-/m1/s1. The van der Waals surface area contributed by atoms with Gasteiger partial charge >= 0.3 is 5.97 Å². The van der Waals surface area contributed by atoms with Gasteiger partial charge in [0.05, 0.1) is 7.11 Å². The summed E-state index contributed by atoms with van der Waals surface area (Å²) in [5, 5.41) is 2.75. The van der Waals surface area contributed by atoms with Gasteiger partial charge in [-0.15, -0.1) is 0 Å². The van der Waals surface area contributed by atoms with Crippen LogP contribution < -0.4 is 5.32 Å². The van der Waals surface area contributed by atoms with Crippen LogP contribution in [0.5, 0.6) is 0 Å². The van der Waals surface area contributed by atoms with E-state index in [-0.39, 0.29) is 5.91 Å². The van der Waals surface area contributed by atoms with E-state index in [1.54, 1.807) is 18.2 Å². The van der Waals surface area contributed by atoms with Gasteiger partial charge < -0.3 is 10.1 Å². The predicted molar refractivity (Wildman–Crippen MR) is 92.2 cm³/mol. The molecule has 0 fully saturated rings. The smallest absolute Gasteiger partial charge is 0.328 e. The molecule has 23 heavy (non-hydrogen) atoms. The Morgan fingerprint density at radius 2 is 1.87 bits per heavy atom. The molecular formula is C18H18BrNO3. The van der Waals surface area contributed by atoms with Crippen molar-refractivity contribution in [3.63, 3.8) is 0 Å². The molecule has 0 heterocycles. The number of carbonyl (C=O) groups excluding carboxylic acids is 2. The molecule has 4 nitrogen and oxygen atoms in total. The average molecular weight is 376 g/mol. The molecule has 5 heteroatoms. The van der Waals surface area contributed by atoms with Gasteiger partial charge in [0.15, 0.2) is 0 Å². The second-order valence-corrected chi connectivity index (χ2v) is 6.00. The minimum Gasteiger partial charge on any atom is -0.467 e. The number of carbonyl (C=O) groups is 2. The second-order valence-electron chi connectivity index (χ2n) is 5.08. The van der Waals surface area contributed by atoms with Gasteiger partial charge in [-0.1, -0.05) is 52.3 Å². The first kappa shape index (κ1) is 17.2. The zero-order valence-corrected chi connectivity index (χ0v) is 14.4. The fourth-order valence-corrected chi connectivity index (χ4v) is 2.62. The molecule has 2 aromatic rings. The summed E-state index contributed by atoms with van der Waals surface area (Å²) in [6.07, 6.45) is 1.16. The van der Waals surface area contributed by atoms with Crippen LogP contribution in [0.2, 0.25) is 0 Å². The number of hydrogen-bond donors (Lipinski definition) is 1. The minimum atomic E-state index is -0.674. The summed E-state index contributed by atoms with van der Waals surface area (Å²) in [6.45, 7) is 0. The lowest BCUT2D eigenvalue weighted by Crippen LogP contribution is -2.41. The van der Waals surface area contributed by atoms with E-state index in [0.717, 1.165) is 10.0 Å². The number of methoxy groups -OCH3 is 1. The Kier molecular flexibility index (Phi) is 6.35. The third-order valence-corrected chi connectivity index (χ3v) is 3.94. The molecule has 2 rings (SSSR count). The average Bonchev–Trinajstić information content (AvgIpc) is 2.58. The van der Waals surface area contributed by atoms with Gasteiger partial charge in [-0.05, 0) is 36.6 Å². The van der Waals surface area contributed by atoms with Crippen LogP contribution in [0, 0.1) is 0 Å². The molecule has 0 saturated carbocycles. The van der Waals surface area contributed by atoms with Crippen molar-refractivity contribution in [2.24, 2.45) is 0 Å². The lowest BCUT2D eigenvalue weighted by molar-refractivity contribution is -0.143. The number of hydrogen-bond acceptors (Lipinski definition) is 3. The van der Waals surface area contributed by atoms with Crippen LogP contribution in [0.3, 0.4) is 0 Å². The van der Waals surface area contributed by atoms with Crippen molar-refractivity contribution in [3.05, 3.63) is 70.2 Å². The summed E-state index contributed by atoms with van der Waals surface area (Å²) in [5.41, 5.74) is 1.60. The summed E-state index contributed by atoms with van der Waals surface area (Å²) >= 11 is 3.33. The Hall–Kier alpha value is -2.14. The second kappa shape index (κ2) is 8.48. The highest BCUT2D eigenvalue weighted by Crippen LogP contribution is 2.12. The highest BCUT2D eigenvalue weighted by molar-refractivity contribution is 9.10. The molecular weight excluding hydrogens is 358 g/mol. The molecule has 0 aromatic heterocycles. The molecule has 0 radical (unpaired) electrons. The van der Waals surface area contributed by atoms with Crippen molar-refractivity contribution in [2.75, 3.05) is 7.11 Å². The number of nitrogens with one attached hydrogen (secondary N) is 1. The van der Waals surface area contributed by atoms with E-state index in [2.05, 4.69) is 21.2 Å². The van der Waals surface area contributed by atoms with Gasteiger partial charge in [0.25, 0.3) is 5.91 Å². The van der Waals surface area contributed by atoms with Gasteiger partial charge in [0.2, 0.25) is 0 Å². The number of aryl methyl sites for hydroxylation is 1. The maximum Gasteiger partial charge on any atom is 0.328 e. The van der Waals surface area contributed by atoms with Crippen molar-refractivity contribution in [2.45, 2.75) is 18.9 Å². The molecule has 0 aliphatic heterocycles. The van der Waals surface area contributed by atoms with E-state index in [0.29, 0.717) is 18.4 Å². The Morgan fingerprint density at radius 1 is 1.13 bits per heavy atom. The largest absolute Gasteiger partial charge is 0.467 e. The fraction of sp³-hybridized carbons (Fsp3) is 0.222. The number of benzene rings is 2. The van der Waals surface area contributed by atoms with Crippen LogP contribution in [-0.2, 0) is 16.0 Å². The summed E-state index contributed by atoms with van der Waals surface area (Å²) in [5.74, 6) is -0.737.